The maximum Gasteiger partial charge on any atom is -0.0134 e. The molecule has 0 N–H and O–H groups in total. The van der Waals surface area contributed by atoms with Gasteiger partial charge in [-0.3, -0.25) is 0 Å². The van der Waals surface area contributed by atoms with E-state index < -0.39 is 15.8 Å². The van der Waals surface area contributed by atoms with Crippen LogP contribution in [0.2, 0.25) is 0 Å². The van der Waals surface area contributed by atoms with Crippen molar-refractivity contribution in [3.05, 3.63) is 237 Å². The first kappa shape index (κ1) is 41.9. The number of benzene rings is 6. The smallest absolute Gasteiger partial charge is 0.0134 e. The Hall–Kier alpha value is -2.85. The third kappa shape index (κ3) is 13.5. The average molecular weight is 861 g/mol. The number of halogens is 3. The molecular formula is C46H39Cl3P2Ru. The van der Waals surface area contributed by atoms with Gasteiger partial charge in [-0.2, -0.15) is 0 Å². The zero-order valence-electron chi connectivity index (χ0n) is 28.5. The van der Waals surface area contributed by atoms with Gasteiger partial charge in [-0.25, -0.2) is 0 Å². The quantitative estimate of drug-likeness (QED) is 0.0889. The van der Waals surface area contributed by atoms with Crippen molar-refractivity contribution in [3.63, 3.8) is 0 Å². The van der Waals surface area contributed by atoms with Gasteiger partial charge in [0, 0.05) is 11.8 Å². The van der Waals surface area contributed by atoms with E-state index in [1.54, 1.807) is 0 Å². The second-order valence-corrected chi connectivity index (χ2v) is 16.2. The predicted octanol–water partition coefficient (Wildman–Crippen LogP) is 10.9. The molecule has 0 amide bonds. The topological polar surface area (TPSA) is 0 Å². The van der Waals surface area contributed by atoms with E-state index in [2.05, 4.69) is 235 Å². The fourth-order valence-electron chi connectivity index (χ4n) is 5.43. The Bertz CT molecular complexity index is 1500. The molecule has 6 heteroatoms. The summed E-state index contributed by atoms with van der Waals surface area (Å²) in [7, 11) is 3.68. The first-order chi connectivity index (χ1) is 25.8. The molecule has 8 rings (SSSR count). The molecule has 2 aliphatic carbocycles. The van der Waals surface area contributed by atoms with Crippen molar-refractivity contribution in [3.8, 4) is 0 Å². The van der Waals surface area contributed by atoms with Crippen LogP contribution in [-0.4, -0.2) is 5.34 Å². The van der Waals surface area contributed by atoms with Crippen molar-refractivity contribution >= 4 is 80.6 Å². The molecule has 0 saturated heterocycles. The fourth-order valence-corrected chi connectivity index (χ4v) is 10.0. The fraction of sp³-hybridized carbons (Fsp3) is 0.0217. The summed E-state index contributed by atoms with van der Waals surface area (Å²) in [6.07, 6.45) is 14.7. The molecule has 52 heavy (non-hydrogen) atoms. The summed E-state index contributed by atoms with van der Waals surface area (Å²) in [5.41, 5.74) is 0. The maximum atomic E-state index is 4.76. The Morgan fingerprint density at radius 1 is 0.346 bits per heavy atom. The number of hydrogen-bond acceptors (Lipinski definition) is 0. The first-order valence-corrected chi connectivity index (χ1v) is 22.5. The normalized spacial score (nSPS) is 12.9. The minimum Gasteiger partial charge on any atom is -0.0622 e. The monoisotopic (exact) mass is 860 g/mol. The minimum absolute atomic E-state index is 0.194. The van der Waals surface area contributed by atoms with E-state index in [0.29, 0.717) is 0 Å². The molecule has 1 fully saturated rings. The minimum atomic E-state index is -0.446. The average Bonchev–Trinajstić information content (AvgIpc) is 3.72. The van der Waals surface area contributed by atoms with Crippen LogP contribution >= 0.6 is 48.7 Å². The molecule has 2 aliphatic rings. The first-order valence-electron chi connectivity index (χ1n) is 16.5. The van der Waals surface area contributed by atoms with Crippen LogP contribution in [0.3, 0.4) is 0 Å². The van der Waals surface area contributed by atoms with E-state index in [9.17, 15) is 0 Å². The molecule has 0 nitrogen and oxygen atoms in total. The number of alkyl halides is 2. The Labute approximate surface area is 338 Å². The van der Waals surface area contributed by atoms with E-state index in [1.807, 2.05) is 17.3 Å². The van der Waals surface area contributed by atoms with Gasteiger partial charge in [0.2, 0.25) is 0 Å². The molecule has 0 spiro atoms. The van der Waals surface area contributed by atoms with Gasteiger partial charge < -0.3 is 0 Å². The number of allylic oxidation sites excluding steroid dienone is 4. The Morgan fingerprint density at radius 3 is 0.731 bits per heavy atom. The third-order valence-electron chi connectivity index (χ3n) is 7.63. The standard InChI is InChI=1S/2C18H15P.C9H7.CH2Cl2.ClH.Ru/c2*1-4-10-16(11-5-1)19(17-12-6-2-7-13-17)18-14-8-3-9-15-18;1-2-5-9-7-3-6-8(9)4-1;2-1-3;;/h2*1-15H;1-7H;1H2;1H;/q;;;;;+1/p-1. The molecule has 0 bridgehead atoms. The molecule has 1 saturated carbocycles. The SMILES string of the molecule is ClCCl.[CH]1[CH][C]2C=CC=C[C]2[CH]1.[Cl][Ru].c1ccc(P(c2ccccc2)c2ccccc2)cc1.c1ccc(P(c2ccccc2)c2ccccc2)cc1. The van der Waals surface area contributed by atoms with Crippen LogP contribution in [0.15, 0.2) is 206 Å². The van der Waals surface area contributed by atoms with E-state index in [-0.39, 0.29) is 5.34 Å². The molecule has 0 unspecified atom stereocenters. The van der Waals surface area contributed by atoms with Crippen LogP contribution in [0.25, 0.3) is 0 Å². The maximum absolute atomic E-state index is 4.76. The second kappa shape index (κ2) is 25.2. The van der Waals surface area contributed by atoms with Gasteiger partial charge in [-0.1, -0.05) is 206 Å². The molecule has 0 atom stereocenters. The molecule has 262 valence electrons. The molecule has 6 aromatic rings. The van der Waals surface area contributed by atoms with Gasteiger partial charge >= 0.3 is 27.0 Å². The molecule has 0 aliphatic heterocycles. The van der Waals surface area contributed by atoms with Gasteiger partial charge in [-0.15, -0.1) is 23.2 Å². The zero-order valence-corrected chi connectivity index (χ0v) is 34.2. The molecule has 0 heterocycles. The Morgan fingerprint density at radius 2 is 0.538 bits per heavy atom. The van der Waals surface area contributed by atoms with Crippen LogP contribution in [-0.2, 0) is 17.3 Å². The summed E-state index contributed by atoms with van der Waals surface area (Å²) in [5.74, 6) is 2.66. The van der Waals surface area contributed by atoms with Crippen LogP contribution in [0, 0.1) is 31.1 Å². The summed E-state index contributed by atoms with van der Waals surface area (Å²) in [6, 6.07) is 64.7. The van der Waals surface area contributed by atoms with E-state index >= 15 is 0 Å². The summed E-state index contributed by atoms with van der Waals surface area (Å²) in [4.78, 5) is 0. The van der Waals surface area contributed by atoms with Crippen LogP contribution in [0.5, 0.6) is 0 Å². The van der Waals surface area contributed by atoms with Gasteiger partial charge in [-0.05, 0) is 66.9 Å². The van der Waals surface area contributed by atoms with Crippen molar-refractivity contribution in [2.24, 2.45) is 0 Å². The van der Waals surface area contributed by atoms with E-state index in [0.717, 1.165) is 0 Å². The van der Waals surface area contributed by atoms with E-state index in [4.69, 9.17) is 23.2 Å². The van der Waals surface area contributed by atoms with Gasteiger partial charge in [0.05, 0.1) is 5.34 Å². The summed E-state index contributed by atoms with van der Waals surface area (Å²) in [5, 5.41) is 8.58. The Balaban J connectivity index is 0.000000172. The van der Waals surface area contributed by atoms with Crippen molar-refractivity contribution < 1.29 is 17.3 Å². The second-order valence-electron chi connectivity index (χ2n) is 10.9. The van der Waals surface area contributed by atoms with Gasteiger partial charge in [0.1, 0.15) is 0 Å². The zero-order chi connectivity index (χ0) is 36.6. The van der Waals surface area contributed by atoms with Crippen molar-refractivity contribution in [1.82, 2.24) is 0 Å². The van der Waals surface area contributed by atoms with Crippen LogP contribution in [0.1, 0.15) is 0 Å². The van der Waals surface area contributed by atoms with Crippen LogP contribution < -0.4 is 31.8 Å². The van der Waals surface area contributed by atoms with Crippen molar-refractivity contribution in [1.29, 1.82) is 0 Å². The van der Waals surface area contributed by atoms with Crippen molar-refractivity contribution in [2.75, 3.05) is 5.34 Å². The molecule has 5 radical (unpaired) electrons. The third-order valence-corrected chi connectivity index (χ3v) is 12.5. The number of rotatable bonds is 6. The molecule has 6 aromatic carbocycles. The van der Waals surface area contributed by atoms with Crippen LogP contribution in [0.4, 0.5) is 0 Å². The summed E-state index contributed by atoms with van der Waals surface area (Å²) in [6.45, 7) is 0. The molecule has 0 aromatic heterocycles. The van der Waals surface area contributed by atoms with Gasteiger partial charge in [0.25, 0.3) is 0 Å². The molecular weight excluding hydrogens is 822 g/mol. The van der Waals surface area contributed by atoms with Gasteiger partial charge in [0.15, 0.2) is 0 Å². The number of hydrogen-bond donors (Lipinski definition) is 0. The largest absolute Gasteiger partial charge is 0.0622 e. The summed E-state index contributed by atoms with van der Waals surface area (Å²) >= 11 is 11.4. The Kier molecular flexibility index (Phi) is 20.3. The summed E-state index contributed by atoms with van der Waals surface area (Å²) < 4.78 is 0. The predicted molar refractivity (Wildman–Crippen MR) is 230 cm³/mol. The number of fused-ring (bicyclic) bond motifs is 1. The van der Waals surface area contributed by atoms with E-state index in [1.165, 1.54) is 43.7 Å². The van der Waals surface area contributed by atoms with Crippen molar-refractivity contribution in [2.45, 2.75) is 0 Å².